The maximum atomic E-state index is 2.74. The molecule has 1 aromatic carbocycles. The lowest BCUT2D eigenvalue weighted by Gasteiger charge is -2.36. The zero-order valence-corrected chi connectivity index (χ0v) is 13.9. The predicted molar refractivity (Wildman–Crippen MR) is 90.7 cm³/mol. The van der Waals surface area contributed by atoms with Gasteiger partial charge in [-0.25, -0.2) is 0 Å². The van der Waals surface area contributed by atoms with E-state index in [1.54, 1.807) is 5.56 Å². The molecule has 3 rings (SSSR count). The summed E-state index contributed by atoms with van der Waals surface area (Å²) in [5.41, 5.74) is 2.94. The first-order valence-electron chi connectivity index (χ1n) is 8.99. The molecule has 0 bridgehead atoms. The molecule has 0 unspecified atom stereocenters. The van der Waals surface area contributed by atoms with Crippen LogP contribution in [0.15, 0.2) is 24.3 Å². The molecule has 2 fully saturated rings. The number of rotatable bonds is 3. The highest BCUT2D eigenvalue weighted by Gasteiger charge is 2.24. The van der Waals surface area contributed by atoms with Gasteiger partial charge >= 0.3 is 0 Å². The van der Waals surface area contributed by atoms with E-state index in [4.69, 9.17) is 0 Å². The summed E-state index contributed by atoms with van der Waals surface area (Å²) in [4.78, 5) is 2.74. The van der Waals surface area contributed by atoms with Crippen LogP contribution in [0.25, 0.3) is 0 Å². The van der Waals surface area contributed by atoms with Gasteiger partial charge in [0.05, 0.1) is 0 Å². The minimum Gasteiger partial charge on any atom is -0.303 e. The van der Waals surface area contributed by atoms with E-state index in [1.165, 1.54) is 63.7 Å². The largest absolute Gasteiger partial charge is 0.303 e. The van der Waals surface area contributed by atoms with E-state index in [-0.39, 0.29) is 0 Å². The van der Waals surface area contributed by atoms with E-state index in [1.807, 2.05) is 0 Å². The van der Waals surface area contributed by atoms with Gasteiger partial charge in [0.25, 0.3) is 0 Å². The molecule has 0 N–H and O–H groups in total. The number of piperidine rings is 1. The lowest BCUT2D eigenvalue weighted by molar-refractivity contribution is 0.154. The lowest BCUT2D eigenvalue weighted by Crippen LogP contribution is -2.37. The first kappa shape index (κ1) is 15.1. The Bertz CT molecular complexity index is 420. The molecule has 1 saturated heterocycles. The number of aryl methyl sites for hydroxylation is 1. The van der Waals surface area contributed by atoms with E-state index >= 15 is 0 Å². The van der Waals surface area contributed by atoms with Crippen molar-refractivity contribution in [3.8, 4) is 0 Å². The molecule has 0 radical (unpaired) electrons. The van der Waals surface area contributed by atoms with Crippen LogP contribution in [0.3, 0.4) is 0 Å². The van der Waals surface area contributed by atoms with Crippen molar-refractivity contribution in [1.82, 2.24) is 4.90 Å². The van der Waals surface area contributed by atoms with Crippen molar-refractivity contribution in [2.45, 2.75) is 58.3 Å². The summed E-state index contributed by atoms with van der Waals surface area (Å²) in [6.07, 6.45) is 8.57. The summed E-state index contributed by atoms with van der Waals surface area (Å²) in [5.74, 6) is 2.76. The van der Waals surface area contributed by atoms with Gasteiger partial charge in [0, 0.05) is 6.54 Å². The van der Waals surface area contributed by atoms with E-state index in [0.29, 0.717) is 0 Å². The van der Waals surface area contributed by atoms with Crippen LogP contribution in [-0.2, 0) is 0 Å². The second-order valence-electron chi connectivity index (χ2n) is 7.61. The molecular formula is C20H31N. The second-order valence-corrected chi connectivity index (χ2v) is 7.61. The van der Waals surface area contributed by atoms with Crippen LogP contribution in [-0.4, -0.2) is 24.5 Å². The Hall–Kier alpha value is -0.820. The maximum absolute atomic E-state index is 2.74. The molecule has 0 amide bonds. The molecule has 1 nitrogen and oxygen atoms in total. The maximum Gasteiger partial charge on any atom is 0.000967 e. The zero-order chi connectivity index (χ0) is 14.7. The highest BCUT2D eigenvalue weighted by Crippen LogP contribution is 2.32. The molecule has 1 saturated carbocycles. The Kier molecular flexibility index (Phi) is 5.00. The normalized spacial score (nSPS) is 28.7. The third-order valence-electron chi connectivity index (χ3n) is 5.79. The highest BCUT2D eigenvalue weighted by molar-refractivity contribution is 5.24. The average Bonchev–Trinajstić information content (AvgIpc) is 2.51. The lowest BCUT2D eigenvalue weighted by atomic mass is 9.82. The number of likely N-dealkylation sites (tertiary alicyclic amines) is 1. The number of hydrogen-bond acceptors (Lipinski definition) is 1. The van der Waals surface area contributed by atoms with Gasteiger partial charge in [-0.15, -0.1) is 0 Å². The van der Waals surface area contributed by atoms with Crippen molar-refractivity contribution >= 4 is 0 Å². The Morgan fingerprint density at radius 3 is 2.14 bits per heavy atom. The Balaban J connectivity index is 1.45. The van der Waals surface area contributed by atoms with E-state index in [2.05, 4.69) is 43.0 Å². The molecule has 2 aliphatic rings. The van der Waals surface area contributed by atoms with E-state index in [0.717, 1.165) is 17.8 Å². The minimum atomic E-state index is 0.799. The molecule has 1 aliphatic heterocycles. The second kappa shape index (κ2) is 6.96. The summed E-state index contributed by atoms with van der Waals surface area (Å²) in [5, 5.41) is 0. The van der Waals surface area contributed by atoms with Crippen molar-refractivity contribution in [2.24, 2.45) is 11.8 Å². The summed E-state index contributed by atoms with van der Waals surface area (Å²) in [6.45, 7) is 8.59. The van der Waals surface area contributed by atoms with Gasteiger partial charge in [0.1, 0.15) is 0 Å². The molecule has 0 atom stereocenters. The molecule has 0 aromatic heterocycles. The molecule has 1 aliphatic carbocycles. The first-order chi connectivity index (χ1) is 10.2. The van der Waals surface area contributed by atoms with Crippen LogP contribution in [0.2, 0.25) is 0 Å². The van der Waals surface area contributed by atoms with Crippen molar-refractivity contribution in [2.75, 3.05) is 19.6 Å². The van der Waals surface area contributed by atoms with Crippen LogP contribution in [0.5, 0.6) is 0 Å². The number of benzene rings is 1. The fourth-order valence-corrected chi connectivity index (χ4v) is 4.16. The van der Waals surface area contributed by atoms with E-state index in [9.17, 15) is 0 Å². The summed E-state index contributed by atoms with van der Waals surface area (Å²) >= 11 is 0. The van der Waals surface area contributed by atoms with Gasteiger partial charge in [0.2, 0.25) is 0 Å². The van der Waals surface area contributed by atoms with Crippen LogP contribution >= 0.6 is 0 Å². The zero-order valence-electron chi connectivity index (χ0n) is 13.9. The number of nitrogens with zero attached hydrogens (tertiary/aromatic N) is 1. The van der Waals surface area contributed by atoms with Crippen LogP contribution < -0.4 is 0 Å². The van der Waals surface area contributed by atoms with Gasteiger partial charge in [-0.1, -0.05) is 49.6 Å². The van der Waals surface area contributed by atoms with Gasteiger partial charge < -0.3 is 4.90 Å². The molecule has 1 heterocycles. The van der Waals surface area contributed by atoms with Crippen LogP contribution in [0, 0.1) is 18.8 Å². The highest BCUT2D eigenvalue weighted by atomic mass is 15.1. The van der Waals surface area contributed by atoms with Crippen LogP contribution in [0.4, 0.5) is 0 Å². The minimum absolute atomic E-state index is 0.799. The standard InChI is InChI=1S/C20H31N/c1-16-3-7-18(8-4-16)15-21-13-11-20(12-14-21)19-9-5-17(2)6-10-19/h5-6,9-10,16,18,20H,3-4,7-8,11-15H2,1-2H3. The predicted octanol–water partition coefficient (Wildman–Crippen LogP) is 5.00. The van der Waals surface area contributed by atoms with Gasteiger partial charge in [-0.3, -0.25) is 0 Å². The summed E-state index contributed by atoms with van der Waals surface area (Å²) in [6, 6.07) is 9.23. The summed E-state index contributed by atoms with van der Waals surface area (Å²) < 4.78 is 0. The number of hydrogen-bond donors (Lipinski definition) is 0. The molecule has 1 aromatic rings. The Labute approximate surface area is 130 Å². The third-order valence-corrected chi connectivity index (χ3v) is 5.79. The molecule has 21 heavy (non-hydrogen) atoms. The van der Waals surface area contributed by atoms with Crippen molar-refractivity contribution < 1.29 is 0 Å². The average molecular weight is 285 g/mol. The third kappa shape index (κ3) is 4.10. The van der Waals surface area contributed by atoms with Gasteiger partial charge in [0.15, 0.2) is 0 Å². The molecule has 1 heteroatoms. The van der Waals surface area contributed by atoms with Crippen LogP contribution in [0.1, 0.15) is 62.5 Å². The van der Waals surface area contributed by atoms with Gasteiger partial charge in [-0.2, -0.15) is 0 Å². The topological polar surface area (TPSA) is 3.24 Å². The SMILES string of the molecule is Cc1ccc(C2CCN(CC3CCC(C)CC3)CC2)cc1. The van der Waals surface area contributed by atoms with E-state index < -0.39 is 0 Å². The monoisotopic (exact) mass is 285 g/mol. The Morgan fingerprint density at radius 1 is 0.905 bits per heavy atom. The van der Waals surface area contributed by atoms with Crippen molar-refractivity contribution in [3.05, 3.63) is 35.4 Å². The Morgan fingerprint density at radius 2 is 1.52 bits per heavy atom. The fourth-order valence-electron chi connectivity index (χ4n) is 4.16. The first-order valence-corrected chi connectivity index (χ1v) is 8.99. The molecule has 116 valence electrons. The smallest absolute Gasteiger partial charge is 0.000967 e. The molecular weight excluding hydrogens is 254 g/mol. The quantitative estimate of drug-likeness (QED) is 0.755. The van der Waals surface area contributed by atoms with Crippen molar-refractivity contribution in [1.29, 1.82) is 0 Å². The van der Waals surface area contributed by atoms with Crippen molar-refractivity contribution in [3.63, 3.8) is 0 Å². The summed E-state index contributed by atoms with van der Waals surface area (Å²) in [7, 11) is 0. The molecule has 0 spiro atoms. The fraction of sp³-hybridized carbons (Fsp3) is 0.700. The van der Waals surface area contributed by atoms with Gasteiger partial charge in [-0.05, 0) is 69.0 Å².